The monoisotopic (exact) mass is 204 g/mol. The zero-order valence-electron chi connectivity index (χ0n) is 8.60. The van der Waals surface area contributed by atoms with Gasteiger partial charge in [0.25, 0.3) is 0 Å². The number of aromatic nitrogens is 4. The summed E-state index contributed by atoms with van der Waals surface area (Å²) in [5, 5.41) is 4.13. The van der Waals surface area contributed by atoms with Gasteiger partial charge in [-0.2, -0.15) is 10.1 Å². The maximum atomic E-state index is 5.60. The Balaban J connectivity index is 2.58. The zero-order chi connectivity index (χ0) is 11.0. The van der Waals surface area contributed by atoms with Crippen LogP contribution < -0.4 is 11.5 Å². The molecule has 2 aromatic heterocycles. The summed E-state index contributed by atoms with van der Waals surface area (Å²) in [6.45, 7) is 1.96. The second-order valence-electron chi connectivity index (χ2n) is 3.30. The van der Waals surface area contributed by atoms with E-state index >= 15 is 0 Å². The Morgan fingerprint density at radius 3 is 2.53 bits per heavy atom. The maximum Gasteiger partial charge on any atom is 0.222 e. The van der Waals surface area contributed by atoms with Crippen molar-refractivity contribution in [2.24, 2.45) is 7.05 Å². The third-order valence-corrected chi connectivity index (χ3v) is 2.27. The van der Waals surface area contributed by atoms with E-state index < -0.39 is 0 Å². The maximum absolute atomic E-state index is 5.60. The molecule has 0 bridgehead atoms. The minimum absolute atomic E-state index is 0.174. The number of aryl methyl sites for hydroxylation is 1. The summed E-state index contributed by atoms with van der Waals surface area (Å²) in [5.74, 6) is 0.536. The van der Waals surface area contributed by atoms with E-state index in [1.165, 1.54) is 0 Å². The van der Waals surface area contributed by atoms with Crippen molar-refractivity contribution in [1.82, 2.24) is 19.7 Å². The third kappa shape index (κ3) is 1.61. The third-order valence-electron chi connectivity index (χ3n) is 2.27. The predicted octanol–water partition coefficient (Wildman–Crippen LogP) is 0.350. The highest BCUT2D eigenvalue weighted by molar-refractivity contribution is 5.64. The van der Waals surface area contributed by atoms with Crippen molar-refractivity contribution in [1.29, 1.82) is 0 Å². The first kappa shape index (κ1) is 9.45. The SMILES string of the molecule is Cc1c(-c2cc(N)nc(N)n2)cnn1C. The van der Waals surface area contributed by atoms with Gasteiger partial charge in [-0.3, -0.25) is 4.68 Å². The van der Waals surface area contributed by atoms with Crippen LogP contribution in [0.25, 0.3) is 11.3 Å². The quantitative estimate of drug-likeness (QED) is 0.698. The van der Waals surface area contributed by atoms with E-state index in [1.807, 2.05) is 14.0 Å². The second kappa shape index (κ2) is 3.23. The molecule has 2 rings (SSSR count). The van der Waals surface area contributed by atoms with Crippen molar-refractivity contribution < 1.29 is 0 Å². The number of nitrogens with two attached hydrogens (primary N) is 2. The van der Waals surface area contributed by atoms with E-state index in [4.69, 9.17) is 11.5 Å². The molecule has 15 heavy (non-hydrogen) atoms. The summed E-state index contributed by atoms with van der Waals surface area (Å²) in [5.41, 5.74) is 13.7. The number of anilines is 2. The Morgan fingerprint density at radius 2 is 2.00 bits per heavy atom. The highest BCUT2D eigenvalue weighted by Gasteiger charge is 2.09. The van der Waals surface area contributed by atoms with Gasteiger partial charge in [0.05, 0.1) is 11.9 Å². The molecule has 0 unspecified atom stereocenters. The molecule has 0 aliphatic carbocycles. The lowest BCUT2D eigenvalue weighted by molar-refractivity contribution is 0.740. The van der Waals surface area contributed by atoms with Crippen molar-refractivity contribution >= 4 is 11.8 Å². The van der Waals surface area contributed by atoms with E-state index in [9.17, 15) is 0 Å². The Morgan fingerprint density at radius 1 is 1.27 bits per heavy atom. The summed E-state index contributed by atoms with van der Waals surface area (Å²) in [6, 6.07) is 1.68. The summed E-state index contributed by atoms with van der Waals surface area (Å²) in [6.07, 6.45) is 1.73. The van der Waals surface area contributed by atoms with Gasteiger partial charge in [0.1, 0.15) is 5.82 Å². The molecule has 0 saturated carbocycles. The van der Waals surface area contributed by atoms with Gasteiger partial charge >= 0.3 is 0 Å². The average molecular weight is 204 g/mol. The standard InChI is InChI=1S/C9H12N6/c1-5-6(4-12-15(5)2)7-3-8(10)14-9(11)13-7/h3-4H,1-2H3,(H4,10,11,13,14). The van der Waals surface area contributed by atoms with Crippen molar-refractivity contribution in [3.05, 3.63) is 18.0 Å². The summed E-state index contributed by atoms with van der Waals surface area (Å²) in [4.78, 5) is 7.93. The normalized spacial score (nSPS) is 10.5. The smallest absolute Gasteiger partial charge is 0.222 e. The molecule has 0 aliphatic heterocycles. The van der Waals surface area contributed by atoms with Crippen LogP contribution in [-0.2, 0) is 7.05 Å². The Bertz CT molecular complexity index is 481. The summed E-state index contributed by atoms with van der Waals surface area (Å²) >= 11 is 0. The molecule has 2 aromatic rings. The van der Waals surface area contributed by atoms with Crippen LogP contribution in [0.15, 0.2) is 12.3 Å². The fourth-order valence-electron chi connectivity index (χ4n) is 1.37. The number of hydrogen-bond donors (Lipinski definition) is 2. The summed E-state index contributed by atoms with van der Waals surface area (Å²) < 4.78 is 1.77. The molecule has 0 spiro atoms. The number of nitrogen functional groups attached to an aromatic ring is 2. The Hall–Kier alpha value is -2.11. The lowest BCUT2D eigenvalue weighted by Gasteiger charge is -2.02. The first-order valence-corrected chi connectivity index (χ1v) is 4.47. The van der Waals surface area contributed by atoms with Crippen LogP contribution >= 0.6 is 0 Å². The van der Waals surface area contributed by atoms with E-state index in [-0.39, 0.29) is 5.95 Å². The zero-order valence-corrected chi connectivity index (χ0v) is 8.60. The number of hydrogen-bond acceptors (Lipinski definition) is 5. The molecule has 0 radical (unpaired) electrons. The topological polar surface area (TPSA) is 95.6 Å². The molecule has 4 N–H and O–H groups in total. The molecule has 6 nitrogen and oxygen atoms in total. The highest BCUT2D eigenvalue weighted by atomic mass is 15.3. The van der Waals surface area contributed by atoms with Gasteiger partial charge in [-0.1, -0.05) is 0 Å². The van der Waals surface area contributed by atoms with E-state index in [0.717, 1.165) is 11.3 Å². The minimum Gasteiger partial charge on any atom is -0.384 e. The molecule has 0 aliphatic rings. The van der Waals surface area contributed by atoms with Gasteiger partial charge in [-0.15, -0.1) is 0 Å². The Labute approximate surface area is 86.9 Å². The van der Waals surface area contributed by atoms with Gasteiger partial charge in [0, 0.05) is 24.4 Å². The summed E-state index contributed by atoms with van der Waals surface area (Å²) in [7, 11) is 1.87. The average Bonchev–Trinajstić information content (AvgIpc) is 2.46. The molecular weight excluding hydrogens is 192 g/mol. The Kier molecular flexibility index (Phi) is 2.03. The van der Waals surface area contributed by atoms with E-state index in [2.05, 4.69) is 15.1 Å². The fourth-order valence-corrected chi connectivity index (χ4v) is 1.37. The number of rotatable bonds is 1. The number of nitrogens with zero attached hydrogens (tertiary/aromatic N) is 4. The van der Waals surface area contributed by atoms with E-state index in [0.29, 0.717) is 11.5 Å². The van der Waals surface area contributed by atoms with Gasteiger partial charge in [0.15, 0.2) is 0 Å². The molecule has 2 heterocycles. The predicted molar refractivity (Wildman–Crippen MR) is 57.8 cm³/mol. The molecule has 0 saturated heterocycles. The van der Waals surface area contributed by atoms with Crippen molar-refractivity contribution in [3.63, 3.8) is 0 Å². The van der Waals surface area contributed by atoms with Crippen LogP contribution in [0.3, 0.4) is 0 Å². The van der Waals surface area contributed by atoms with Crippen molar-refractivity contribution in [2.45, 2.75) is 6.92 Å². The molecule has 0 aromatic carbocycles. The first-order valence-electron chi connectivity index (χ1n) is 4.47. The van der Waals surface area contributed by atoms with E-state index in [1.54, 1.807) is 16.9 Å². The molecule has 0 atom stereocenters. The molecule has 78 valence electrons. The van der Waals surface area contributed by atoms with Crippen LogP contribution in [0.2, 0.25) is 0 Å². The lowest BCUT2D eigenvalue weighted by Crippen LogP contribution is -2.01. The van der Waals surface area contributed by atoms with Gasteiger partial charge < -0.3 is 11.5 Å². The lowest BCUT2D eigenvalue weighted by atomic mass is 10.2. The molecule has 0 fully saturated rings. The van der Waals surface area contributed by atoms with Crippen LogP contribution in [-0.4, -0.2) is 19.7 Å². The van der Waals surface area contributed by atoms with Crippen molar-refractivity contribution in [2.75, 3.05) is 11.5 Å². The largest absolute Gasteiger partial charge is 0.384 e. The molecular formula is C9H12N6. The van der Waals surface area contributed by atoms with Crippen LogP contribution in [0.1, 0.15) is 5.69 Å². The minimum atomic E-state index is 0.174. The van der Waals surface area contributed by atoms with Gasteiger partial charge in [-0.05, 0) is 6.92 Å². The van der Waals surface area contributed by atoms with Crippen LogP contribution in [0.5, 0.6) is 0 Å². The van der Waals surface area contributed by atoms with Crippen LogP contribution in [0, 0.1) is 6.92 Å². The molecule has 6 heteroatoms. The van der Waals surface area contributed by atoms with Crippen LogP contribution in [0.4, 0.5) is 11.8 Å². The first-order chi connectivity index (χ1) is 7.08. The van der Waals surface area contributed by atoms with Gasteiger partial charge in [-0.25, -0.2) is 4.98 Å². The highest BCUT2D eigenvalue weighted by Crippen LogP contribution is 2.22. The molecule has 0 amide bonds. The van der Waals surface area contributed by atoms with Crippen molar-refractivity contribution in [3.8, 4) is 11.3 Å². The fraction of sp³-hybridized carbons (Fsp3) is 0.222. The second-order valence-corrected chi connectivity index (χ2v) is 3.30. The van der Waals surface area contributed by atoms with Gasteiger partial charge in [0.2, 0.25) is 5.95 Å².